The lowest BCUT2D eigenvalue weighted by atomic mass is 10.1. The van der Waals surface area contributed by atoms with E-state index in [0.717, 1.165) is 11.8 Å². The first-order valence-electron chi connectivity index (χ1n) is 7.83. The summed E-state index contributed by atoms with van der Waals surface area (Å²) >= 11 is 0. The highest BCUT2D eigenvalue weighted by atomic mass is 32.2. The summed E-state index contributed by atoms with van der Waals surface area (Å²) in [6.45, 7) is 0.330. The fourth-order valence-electron chi connectivity index (χ4n) is 2.44. The summed E-state index contributed by atoms with van der Waals surface area (Å²) in [7, 11) is -2.02. The Hall–Kier alpha value is -2.54. The highest BCUT2D eigenvalue weighted by Gasteiger charge is 2.20. The molecule has 2 rings (SSSR count). The zero-order valence-electron chi connectivity index (χ0n) is 14.3. The molecule has 2 aromatic rings. The van der Waals surface area contributed by atoms with Crippen LogP contribution in [0, 0.1) is 0 Å². The number of hydrogen-bond acceptors (Lipinski definition) is 4. The van der Waals surface area contributed by atoms with Crippen LogP contribution in [0.1, 0.15) is 5.56 Å². The molecule has 0 fully saturated rings. The van der Waals surface area contributed by atoms with Gasteiger partial charge in [0, 0.05) is 6.54 Å². The van der Waals surface area contributed by atoms with Gasteiger partial charge in [0.25, 0.3) is 0 Å². The van der Waals surface area contributed by atoms with Crippen molar-refractivity contribution in [1.82, 2.24) is 5.32 Å². The maximum Gasteiger partial charge on any atom is 0.232 e. The number of sulfonamides is 1. The van der Waals surface area contributed by atoms with Gasteiger partial charge < -0.3 is 10.1 Å². The predicted octanol–water partition coefficient (Wildman–Crippen LogP) is 1.82. The number of ether oxygens (including phenoxy) is 1. The molecule has 0 aromatic heterocycles. The van der Waals surface area contributed by atoms with Gasteiger partial charge in [-0.2, -0.15) is 0 Å². The molecule has 7 heteroatoms. The van der Waals surface area contributed by atoms with E-state index in [2.05, 4.69) is 5.32 Å². The molecule has 0 bridgehead atoms. The number of para-hydroxylation sites is 2. The van der Waals surface area contributed by atoms with Crippen molar-refractivity contribution in [2.45, 2.75) is 6.42 Å². The first-order chi connectivity index (χ1) is 11.9. The van der Waals surface area contributed by atoms with Crippen molar-refractivity contribution < 1.29 is 17.9 Å². The van der Waals surface area contributed by atoms with Crippen molar-refractivity contribution in [2.24, 2.45) is 0 Å². The maximum absolute atomic E-state index is 12.1. The molecule has 0 aliphatic rings. The Kier molecular flexibility index (Phi) is 6.41. The van der Waals surface area contributed by atoms with Gasteiger partial charge in [-0.05, 0) is 17.7 Å². The van der Waals surface area contributed by atoms with E-state index in [1.807, 2.05) is 30.3 Å². The minimum Gasteiger partial charge on any atom is -0.495 e. The zero-order valence-corrected chi connectivity index (χ0v) is 15.1. The first-order valence-corrected chi connectivity index (χ1v) is 9.68. The van der Waals surface area contributed by atoms with E-state index in [0.29, 0.717) is 11.4 Å². The molecule has 0 saturated heterocycles. The second-order valence-corrected chi connectivity index (χ2v) is 7.43. The molecule has 0 aliphatic heterocycles. The summed E-state index contributed by atoms with van der Waals surface area (Å²) < 4.78 is 30.7. The van der Waals surface area contributed by atoms with Gasteiger partial charge in [0.2, 0.25) is 15.9 Å². The smallest absolute Gasteiger partial charge is 0.232 e. The monoisotopic (exact) mass is 362 g/mol. The number of nitrogens with zero attached hydrogens (tertiary/aromatic N) is 1. The molecular weight excluding hydrogens is 340 g/mol. The van der Waals surface area contributed by atoms with Crippen molar-refractivity contribution in [2.75, 3.05) is 30.8 Å². The summed E-state index contributed by atoms with van der Waals surface area (Å²) in [5.41, 5.74) is 1.36. The van der Waals surface area contributed by atoms with E-state index in [1.54, 1.807) is 24.3 Å². The number of carbonyl (C=O) groups excluding carboxylic acids is 1. The summed E-state index contributed by atoms with van der Waals surface area (Å²) in [5, 5.41) is 2.76. The minimum absolute atomic E-state index is 0.125. The number of rotatable bonds is 8. The lowest BCUT2D eigenvalue weighted by Crippen LogP contribution is -2.38. The Bertz CT molecular complexity index is 807. The van der Waals surface area contributed by atoms with Crippen LogP contribution in [-0.2, 0) is 21.2 Å². The van der Waals surface area contributed by atoms with Crippen LogP contribution in [0.3, 0.4) is 0 Å². The molecule has 0 aliphatic carbocycles. The van der Waals surface area contributed by atoms with Crippen LogP contribution < -0.4 is 14.4 Å². The van der Waals surface area contributed by atoms with Crippen molar-refractivity contribution in [3.8, 4) is 5.75 Å². The van der Waals surface area contributed by atoms with Crippen molar-refractivity contribution in [3.63, 3.8) is 0 Å². The minimum atomic E-state index is -3.51. The van der Waals surface area contributed by atoms with Gasteiger partial charge in [0.15, 0.2) is 0 Å². The highest BCUT2D eigenvalue weighted by Crippen LogP contribution is 2.28. The van der Waals surface area contributed by atoms with Gasteiger partial charge in [-0.1, -0.05) is 42.5 Å². The van der Waals surface area contributed by atoms with Crippen LogP contribution >= 0.6 is 0 Å². The fraction of sp³-hybridized carbons (Fsp3) is 0.278. The standard InChI is InChI=1S/C18H22N2O4S/c1-24-17-11-7-6-10-16(17)20(25(2,22)23)13-12-19-18(21)14-15-8-4-3-5-9-15/h3-11H,12-14H2,1-2H3,(H,19,21). The van der Waals surface area contributed by atoms with E-state index in [4.69, 9.17) is 4.74 Å². The summed E-state index contributed by atoms with van der Waals surface area (Å²) in [6.07, 6.45) is 1.39. The molecule has 1 N–H and O–H groups in total. The third kappa shape index (κ3) is 5.49. The number of anilines is 1. The summed E-state index contributed by atoms with van der Waals surface area (Å²) in [6, 6.07) is 16.3. The van der Waals surface area contributed by atoms with Gasteiger partial charge >= 0.3 is 0 Å². The van der Waals surface area contributed by atoms with Crippen LogP contribution in [0.2, 0.25) is 0 Å². The SMILES string of the molecule is COc1ccccc1N(CCNC(=O)Cc1ccccc1)S(C)(=O)=O. The molecule has 0 radical (unpaired) electrons. The molecule has 0 unspecified atom stereocenters. The molecule has 0 heterocycles. The van der Waals surface area contributed by atoms with Gasteiger partial charge in [-0.25, -0.2) is 8.42 Å². The molecule has 6 nitrogen and oxygen atoms in total. The van der Waals surface area contributed by atoms with Crippen molar-refractivity contribution in [1.29, 1.82) is 0 Å². The summed E-state index contributed by atoms with van der Waals surface area (Å²) in [4.78, 5) is 12.0. The second kappa shape index (κ2) is 8.53. The van der Waals surface area contributed by atoms with Gasteiger partial charge in [0.1, 0.15) is 5.75 Å². The number of benzene rings is 2. The molecule has 0 spiro atoms. The number of amides is 1. The molecule has 1 amide bonds. The Labute approximate surface area is 148 Å². The van der Waals surface area contributed by atoms with E-state index in [1.165, 1.54) is 11.4 Å². The highest BCUT2D eigenvalue weighted by molar-refractivity contribution is 7.92. The average Bonchev–Trinajstić information content (AvgIpc) is 2.58. The number of methoxy groups -OCH3 is 1. The predicted molar refractivity (Wildman–Crippen MR) is 98.3 cm³/mol. The van der Waals surface area contributed by atoms with E-state index < -0.39 is 10.0 Å². The molecule has 0 saturated carbocycles. The van der Waals surface area contributed by atoms with Crippen LogP contribution in [0.25, 0.3) is 0 Å². The number of hydrogen-bond donors (Lipinski definition) is 1. The van der Waals surface area contributed by atoms with Crippen LogP contribution in [0.5, 0.6) is 5.75 Å². The Morgan fingerprint density at radius 2 is 1.72 bits per heavy atom. The fourth-order valence-corrected chi connectivity index (χ4v) is 3.37. The number of nitrogens with one attached hydrogen (secondary N) is 1. The largest absolute Gasteiger partial charge is 0.495 e. The van der Waals surface area contributed by atoms with E-state index in [9.17, 15) is 13.2 Å². The average molecular weight is 362 g/mol. The normalized spacial score (nSPS) is 11.0. The molecule has 2 aromatic carbocycles. The van der Waals surface area contributed by atoms with Crippen molar-refractivity contribution >= 4 is 21.6 Å². The Balaban J connectivity index is 2.01. The Morgan fingerprint density at radius 3 is 2.36 bits per heavy atom. The van der Waals surface area contributed by atoms with Gasteiger partial charge in [-0.15, -0.1) is 0 Å². The van der Waals surface area contributed by atoms with E-state index in [-0.39, 0.29) is 25.4 Å². The first kappa shape index (κ1) is 18.8. The molecule has 25 heavy (non-hydrogen) atoms. The topological polar surface area (TPSA) is 75.7 Å². The van der Waals surface area contributed by atoms with Crippen LogP contribution in [-0.4, -0.2) is 40.8 Å². The molecule has 0 atom stereocenters. The second-order valence-electron chi connectivity index (χ2n) is 5.52. The van der Waals surface area contributed by atoms with Gasteiger partial charge in [-0.3, -0.25) is 9.10 Å². The maximum atomic E-state index is 12.1. The third-order valence-electron chi connectivity index (χ3n) is 3.60. The van der Waals surface area contributed by atoms with Crippen LogP contribution in [0.4, 0.5) is 5.69 Å². The molecule has 134 valence electrons. The van der Waals surface area contributed by atoms with Crippen LogP contribution in [0.15, 0.2) is 54.6 Å². The van der Waals surface area contributed by atoms with Crippen molar-refractivity contribution in [3.05, 3.63) is 60.2 Å². The van der Waals surface area contributed by atoms with E-state index >= 15 is 0 Å². The molecular formula is C18H22N2O4S. The lowest BCUT2D eigenvalue weighted by molar-refractivity contribution is -0.120. The summed E-state index contributed by atoms with van der Waals surface area (Å²) in [5.74, 6) is 0.309. The Morgan fingerprint density at radius 1 is 1.08 bits per heavy atom. The quantitative estimate of drug-likeness (QED) is 0.777. The third-order valence-corrected chi connectivity index (χ3v) is 4.78. The lowest BCUT2D eigenvalue weighted by Gasteiger charge is -2.24. The zero-order chi connectivity index (χ0) is 18.3. The number of carbonyl (C=O) groups is 1. The van der Waals surface area contributed by atoms with Gasteiger partial charge in [0.05, 0.1) is 32.0 Å².